The second kappa shape index (κ2) is 4.59. The molecule has 0 bridgehead atoms. The highest BCUT2D eigenvalue weighted by atomic mass is 32.1. The Bertz CT molecular complexity index is 515. The summed E-state index contributed by atoms with van der Waals surface area (Å²) >= 11 is 1.55. The first-order valence-corrected chi connectivity index (χ1v) is 5.44. The molecule has 2 aromatic heterocycles. The Balaban J connectivity index is 2.13. The van der Waals surface area contributed by atoms with E-state index in [-0.39, 0.29) is 0 Å². The molecule has 0 unspecified atom stereocenters. The maximum atomic E-state index is 8.90. The lowest BCUT2D eigenvalue weighted by molar-refractivity contribution is 1.12. The lowest BCUT2D eigenvalue weighted by Crippen LogP contribution is -2.03. The van der Waals surface area contributed by atoms with Crippen molar-refractivity contribution < 1.29 is 0 Å². The van der Waals surface area contributed by atoms with Crippen molar-refractivity contribution in [1.82, 2.24) is 9.97 Å². The number of hydrogen-bond acceptors (Lipinski definition) is 6. The number of aromatic nitrogens is 2. The molecule has 0 aliphatic carbocycles. The first-order chi connectivity index (χ1) is 7.79. The Morgan fingerprint density at radius 3 is 3.06 bits per heavy atom. The third-order valence-corrected chi connectivity index (χ3v) is 2.72. The Hall–Kier alpha value is -2.13. The van der Waals surface area contributed by atoms with Crippen LogP contribution in [0.5, 0.6) is 0 Å². The van der Waals surface area contributed by atoms with Gasteiger partial charge in [0.05, 0.1) is 29.5 Å². The molecule has 0 fully saturated rings. The van der Waals surface area contributed by atoms with Crippen LogP contribution in [0, 0.1) is 11.3 Å². The van der Waals surface area contributed by atoms with Crippen molar-refractivity contribution in [3.05, 3.63) is 34.4 Å². The molecule has 5 nitrogen and oxygen atoms in total. The minimum absolute atomic E-state index is 0.449. The number of nitrogen functional groups attached to an aromatic ring is 1. The first kappa shape index (κ1) is 10.4. The molecule has 0 amide bonds. The standard InChI is InChI=1S/C10H9N5S/c11-2-7-1-8(12)3-14-10(7)15-5-9-4-13-6-16-9/h1,3-4,6H,5,12H2,(H,14,15). The van der Waals surface area contributed by atoms with Crippen LogP contribution in [0.3, 0.4) is 0 Å². The number of nitrogens with one attached hydrogen (secondary N) is 1. The van der Waals surface area contributed by atoms with E-state index < -0.39 is 0 Å². The maximum absolute atomic E-state index is 8.90. The summed E-state index contributed by atoms with van der Waals surface area (Å²) in [5.74, 6) is 0.546. The summed E-state index contributed by atoms with van der Waals surface area (Å²) in [7, 11) is 0. The molecule has 0 saturated heterocycles. The van der Waals surface area contributed by atoms with E-state index in [2.05, 4.69) is 15.3 Å². The fourth-order valence-electron chi connectivity index (χ4n) is 1.21. The van der Waals surface area contributed by atoms with E-state index in [1.165, 1.54) is 6.20 Å². The number of hydrogen-bond donors (Lipinski definition) is 2. The lowest BCUT2D eigenvalue weighted by atomic mass is 10.2. The van der Waals surface area contributed by atoms with Gasteiger partial charge >= 0.3 is 0 Å². The average Bonchev–Trinajstić information content (AvgIpc) is 2.80. The third kappa shape index (κ3) is 2.27. The highest BCUT2D eigenvalue weighted by Gasteiger charge is 2.04. The summed E-state index contributed by atoms with van der Waals surface area (Å²) in [6.07, 6.45) is 3.30. The lowest BCUT2D eigenvalue weighted by Gasteiger charge is -2.05. The van der Waals surface area contributed by atoms with Crippen molar-refractivity contribution in [3.63, 3.8) is 0 Å². The molecular weight excluding hydrogens is 222 g/mol. The molecule has 0 spiro atoms. The van der Waals surface area contributed by atoms with Crippen molar-refractivity contribution in [2.75, 3.05) is 11.1 Å². The molecule has 3 N–H and O–H groups in total. The minimum Gasteiger partial charge on any atom is -0.397 e. The molecule has 6 heteroatoms. The van der Waals surface area contributed by atoms with Gasteiger partial charge in [0.25, 0.3) is 0 Å². The molecule has 0 aliphatic heterocycles. The predicted octanol–water partition coefficient (Wildman–Crippen LogP) is 1.60. The molecular formula is C10H9N5S. The van der Waals surface area contributed by atoms with Crippen LogP contribution in [0.4, 0.5) is 11.5 Å². The van der Waals surface area contributed by atoms with Crippen molar-refractivity contribution in [2.45, 2.75) is 6.54 Å². The van der Waals surface area contributed by atoms with Crippen LogP contribution in [0.15, 0.2) is 24.0 Å². The van der Waals surface area contributed by atoms with Gasteiger partial charge in [0.15, 0.2) is 0 Å². The van der Waals surface area contributed by atoms with Gasteiger partial charge in [-0.25, -0.2) is 4.98 Å². The summed E-state index contributed by atoms with van der Waals surface area (Å²) in [5, 5.41) is 12.0. The fraction of sp³-hybridized carbons (Fsp3) is 0.100. The van der Waals surface area contributed by atoms with Gasteiger partial charge in [-0.3, -0.25) is 4.98 Å². The number of pyridine rings is 1. The van der Waals surface area contributed by atoms with Gasteiger partial charge in [-0.1, -0.05) is 0 Å². The van der Waals surface area contributed by atoms with E-state index in [1.807, 2.05) is 6.07 Å². The minimum atomic E-state index is 0.449. The predicted molar refractivity (Wildman–Crippen MR) is 62.8 cm³/mol. The number of rotatable bonds is 3. The van der Waals surface area contributed by atoms with Crippen LogP contribution in [0.1, 0.15) is 10.4 Å². The van der Waals surface area contributed by atoms with E-state index in [0.29, 0.717) is 23.6 Å². The van der Waals surface area contributed by atoms with E-state index in [0.717, 1.165) is 4.88 Å². The van der Waals surface area contributed by atoms with Gasteiger partial charge in [-0.05, 0) is 6.07 Å². The number of nitriles is 1. The fourth-order valence-corrected chi connectivity index (χ4v) is 1.74. The zero-order chi connectivity index (χ0) is 11.4. The second-order valence-corrected chi connectivity index (χ2v) is 4.07. The number of anilines is 2. The maximum Gasteiger partial charge on any atom is 0.144 e. The van der Waals surface area contributed by atoms with E-state index >= 15 is 0 Å². The zero-order valence-corrected chi connectivity index (χ0v) is 9.16. The van der Waals surface area contributed by atoms with Crippen LogP contribution in [0.25, 0.3) is 0 Å². The second-order valence-electron chi connectivity index (χ2n) is 3.10. The quantitative estimate of drug-likeness (QED) is 0.837. The van der Waals surface area contributed by atoms with Gasteiger partial charge in [0.1, 0.15) is 11.9 Å². The molecule has 0 radical (unpaired) electrons. The molecule has 2 aromatic rings. The van der Waals surface area contributed by atoms with Gasteiger partial charge in [-0.15, -0.1) is 11.3 Å². The van der Waals surface area contributed by atoms with Crippen LogP contribution in [-0.4, -0.2) is 9.97 Å². The van der Waals surface area contributed by atoms with E-state index in [9.17, 15) is 0 Å². The monoisotopic (exact) mass is 231 g/mol. The average molecular weight is 231 g/mol. The number of thiazole rings is 1. The first-order valence-electron chi connectivity index (χ1n) is 4.56. The van der Waals surface area contributed by atoms with Crippen LogP contribution in [-0.2, 0) is 6.54 Å². The molecule has 2 heterocycles. The SMILES string of the molecule is N#Cc1cc(N)cnc1NCc1cncs1. The topological polar surface area (TPSA) is 87.6 Å². The van der Waals surface area contributed by atoms with Gasteiger partial charge in [0, 0.05) is 11.1 Å². The van der Waals surface area contributed by atoms with Crippen LogP contribution in [0.2, 0.25) is 0 Å². The zero-order valence-electron chi connectivity index (χ0n) is 8.34. The van der Waals surface area contributed by atoms with Crippen molar-refractivity contribution >= 4 is 22.8 Å². The number of nitrogens with two attached hydrogens (primary N) is 1. The highest BCUT2D eigenvalue weighted by Crippen LogP contribution is 2.16. The molecule has 0 atom stereocenters. The summed E-state index contributed by atoms with van der Waals surface area (Å²) in [5.41, 5.74) is 8.24. The van der Waals surface area contributed by atoms with Crippen LogP contribution < -0.4 is 11.1 Å². The van der Waals surface area contributed by atoms with E-state index in [4.69, 9.17) is 11.0 Å². The Labute approximate surface area is 96.6 Å². The smallest absolute Gasteiger partial charge is 0.144 e. The largest absolute Gasteiger partial charge is 0.397 e. The molecule has 0 aromatic carbocycles. The summed E-state index contributed by atoms with van der Waals surface area (Å²) in [6, 6.07) is 3.65. The van der Waals surface area contributed by atoms with Crippen molar-refractivity contribution in [1.29, 1.82) is 5.26 Å². The van der Waals surface area contributed by atoms with Gasteiger partial charge < -0.3 is 11.1 Å². The summed E-state index contributed by atoms with van der Waals surface area (Å²) < 4.78 is 0. The Kier molecular flexibility index (Phi) is 2.98. The molecule has 16 heavy (non-hydrogen) atoms. The van der Waals surface area contributed by atoms with Crippen molar-refractivity contribution in [3.8, 4) is 6.07 Å². The highest BCUT2D eigenvalue weighted by molar-refractivity contribution is 7.09. The molecule has 0 saturated carbocycles. The normalized spacial score (nSPS) is 9.69. The van der Waals surface area contributed by atoms with E-state index in [1.54, 1.807) is 29.1 Å². The Morgan fingerprint density at radius 1 is 1.50 bits per heavy atom. The third-order valence-electron chi connectivity index (χ3n) is 1.94. The molecule has 80 valence electrons. The molecule has 2 rings (SSSR count). The van der Waals surface area contributed by atoms with Crippen molar-refractivity contribution in [2.24, 2.45) is 0 Å². The van der Waals surface area contributed by atoms with Crippen LogP contribution >= 0.6 is 11.3 Å². The molecule has 0 aliphatic rings. The summed E-state index contributed by atoms with van der Waals surface area (Å²) in [4.78, 5) is 9.12. The summed E-state index contributed by atoms with van der Waals surface area (Å²) in [6.45, 7) is 0.607. The van der Waals surface area contributed by atoms with Gasteiger partial charge in [0.2, 0.25) is 0 Å². The number of nitrogens with zero attached hydrogens (tertiary/aromatic N) is 3. The van der Waals surface area contributed by atoms with Gasteiger partial charge in [-0.2, -0.15) is 5.26 Å². The Morgan fingerprint density at radius 2 is 2.38 bits per heavy atom.